The molecule has 3 N–H and O–H groups in total. The number of nitrogens with zero attached hydrogens (tertiary/aromatic N) is 5. The van der Waals surface area contributed by atoms with Gasteiger partial charge in [0.05, 0.1) is 19.4 Å². The zero-order valence-electron chi connectivity index (χ0n) is 19.4. The molecule has 10 nitrogen and oxygen atoms in total. The van der Waals surface area contributed by atoms with Crippen LogP contribution in [-0.2, 0) is 16.0 Å². The first kappa shape index (κ1) is 22.4. The molecule has 0 radical (unpaired) electrons. The minimum atomic E-state index is -0.121. The van der Waals surface area contributed by atoms with E-state index >= 15 is 0 Å². The first-order valence-electron chi connectivity index (χ1n) is 11.8. The molecule has 34 heavy (non-hydrogen) atoms. The summed E-state index contributed by atoms with van der Waals surface area (Å²) in [5, 5.41) is 10.8. The van der Waals surface area contributed by atoms with Gasteiger partial charge in [0.15, 0.2) is 5.82 Å². The summed E-state index contributed by atoms with van der Waals surface area (Å²) in [5.74, 6) is 1.55. The minimum absolute atomic E-state index is 0.121. The molecule has 0 unspecified atom stereocenters. The molecule has 1 amide bonds. The average molecular weight is 463 g/mol. The molecule has 2 fully saturated rings. The van der Waals surface area contributed by atoms with E-state index in [0.717, 1.165) is 61.5 Å². The van der Waals surface area contributed by atoms with Gasteiger partial charge in [0, 0.05) is 31.1 Å². The number of aromatic nitrogens is 2. The predicted octanol–water partition coefficient (Wildman–Crippen LogP) is 1.56. The van der Waals surface area contributed by atoms with Crippen molar-refractivity contribution in [3.8, 4) is 0 Å². The van der Waals surface area contributed by atoms with Crippen LogP contribution in [0.25, 0.3) is 0 Å². The van der Waals surface area contributed by atoms with E-state index in [-0.39, 0.29) is 11.9 Å². The zero-order chi connectivity index (χ0) is 23.3. The molecule has 0 spiro atoms. The van der Waals surface area contributed by atoms with E-state index in [0.29, 0.717) is 37.1 Å². The number of aryl methyl sites for hydroxylation is 1. The van der Waals surface area contributed by atoms with E-state index in [4.69, 9.17) is 9.72 Å². The summed E-state index contributed by atoms with van der Waals surface area (Å²) in [7, 11) is 0. The van der Waals surface area contributed by atoms with Crippen molar-refractivity contribution in [3.63, 3.8) is 0 Å². The third kappa shape index (κ3) is 5.23. The van der Waals surface area contributed by atoms with Crippen LogP contribution < -0.4 is 21.0 Å². The summed E-state index contributed by atoms with van der Waals surface area (Å²) in [6.45, 7) is 6.61. The summed E-state index contributed by atoms with van der Waals surface area (Å²) < 4.78 is 5.52. The van der Waals surface area contributed by atoms with Crippen molar-refractivity contribution >= 4 is 35.4 Å². The van der Waals surface area contributed by atoms with Crippen LogP contribution in [0.2, 0.25) is 0 Å². The van der Waals surface area contributed by atoms with Crippen LogP contribution >= 0.6 is 0 Å². The number of ether oxygens (including phenoxy) is 1. The van der Waals surface area contributed by atoms with Crippen molar-refractivity contribution < 1.29 is 9.53 Å². The molecule has 2 saturated heterocycles. The largest absolute Gasteiger partial charge is 0.378 e. The third-order valence-electron chi connectivity index (χ3n) is 6.22. The smallest absolute Gasteiger partial charge is 0.266 e. The Morgan fingerprint density at radius 3 is 2.85 bits per heavy atom. The van der Waals surface area contributed by atoms with Gasteiger partial charge >= 0.3 is 0 Å². The van der Waals surface area contributed by atoms with Crippen LogP contribution in [0.4, 0.5) is 17.6 Å². The number of amides is 1. The quantitative estimate of drug-likeness (QED) is 0.441. The lowest BCUT2D eigenvalue weighted by Crippen LogP contribution is -2.45. The maximum Gasteiger partial charge on any atom is 0.266 e. The molecule has 0 atom stereocenters. The number of fused-ring (bicyclic) bond motifs is 1. The maximum atomic E-state index is 12.9. The van der Waals surface area contributed by atoms with Crippen molar-refractivity contribution in [1.29, 1.82) is 0 Å². The lowest BCUT2D eigenvalue weighted by Gasteiger charge is -2.29. The van der Waals surface area contributed by atoms with Gasteiger partial charge in [-0.15, -0.1) is 0 Å². The molecule has 3 aliphatic heterocycles. The molecule has 5 rings (SSSR count). The highest BCUT2D eigenvalue weighted by molar-refractivity contribution is 6.41. The van der Waals surface area contributed by atoms with Crippen LogP contribution in [0.3, 0.4) is 0 Å². The van der Waals surface area contributed by atoms with Crippen molar-refractivity contribution in [2.75, 3.05) is 49.7 Å². The first-order chi connectivity index (χ1) is 16.7. The van der Waals surface area contributed by atoms with Gasteiger partial charge < -0.3 is 20.3 Å². The molecule has 0 saturated carbocycles. The monoisotopic (exact) mass is 462 g/mol. The van der Waals surface area contributed by atoms with Gasteiger partial charge in [-0.05, 0) is 38.4 Å². The summed E-state index contributed by atoms with van der Waals surface area (Å²) in [6, 6.07) is 8.24. The summed E-state index contributed by atoms with van der Waals surface area (Å²) in [5.41, 5.74) is 6.46. The molecular formula is C24H30N8O2. The second-order valence-corrected chi connectivity index (χ2v) is 8.79. The van der Waals surface area contributed by atoms with Crippen molar-refractivity contribution in [2.45, 2.75) is 32.2 Å². The number of anilines is 2. The van der Waals surface area contributed by atoms with Crippen LogP contribution in [0.1, 0.15) is 29.5 Å². The Balaban J connectivity index is 1.36. The van der Waals surface area contributed by atoms with Gasteiger partial charge in [-0.3, -0.25) is 4.79 Å². The van der Waals surface area contributed by atoms with Gasteiger partial charge in [-0.2, -0.15) is 15.1 Å². The number of aliphatic imine (C=N–C) groups is 1. The predicted molar refractivity (Wildman–Crippen MR) is 132 cm³/mol. The number of hydrazone groups is 1. The second-order valence-electron chi connectivity index (χ2n) is 8.79. The number of piperidine rings is 1. The van der Waals surface area contributed by atoms with Crippen LogP contribution in [0.5, 0.6) is 0 Å². The maximum absolute atomic E-state index is 12.9. The molecule has 0 aliphatic carbocycles. The van der Waals surface area contributed by atoms with E-state index in [1.165, 1.54) is 0 Å². The Morgan fingerprint density at radius 2 is 2.06 bits per heavy atom. The summed E-state index contributed by atoms with van der Waals surface area (Å²) in [6.07, 6.45) is 4.01. The molecule has 3 aliphatic rings. The molecule has 10 heteroatoms. The molecule has 2 aromatic rings. The fourth-order valence-corrected chi connectivity index (χ4v) is 4.41. The highest BCUT2D eigenvalue weighted by atomic mass is 16.5. The third-order valence-corrected chi connectivity index (χ3v) is 6.22. The molecule has 4 heterocycles. The van der Waals surface area contributed by atoms with Crippen LogP contribution in [0, 0.1) is 6.92 Å². The van der Waals surface area contributed by atoms with E-state index in [1.807, 2.05) is 31.2 Å². The Kier molecular flexibility index (Phi) is 6.77. The van der Waals surface area contributed by atoms with Gasteiger partial charge in [-0.25, -0.2) is 10.4 Å². The Labute approximate surface area is 198 Å². The fourth-order valence-electron chi connectivity index (χ4n) is 4.41. The number of benzene rings is 1. The first-order valence-corrected chi connectivity index (χ1v) is 11.8. The fraction of sp³-hybridized carbons (Fsp3) is 0.458. The number of rotatable bonds is 6. The highest BCUT2D eigenvalue weighted by Crippen LogP contribution is 2.34. The van der Waals surface area contributed by atoms with E-state index < -0.39 is 0 Å². The average Bonchev–Trinajstić information content (AvgIpc) is 3.29. The van der Waals surface area contributed by atoms with E-state index in [2.05, 4.69) is 36.0 Å². The number of carbonyl (C=O) groups excluding carboxylic acids is 1. The van der Waals surface area contributed by atoms with Crippen LogP contribution in [0.15, 0.2) is 34.4 Å². The number of morpholine rings is 1. The standard InChI is InChI=1S/C24H30N8O2/c1-16-3-2-4-17(13-16)15-26-31-24-29-21-19(22(30-24)32-9-11-34-12-10-32)14-20(28-21)23(33)27-18-5-7-25-8-6-18/h2-4,13,15,18,25H,5-12,14H2,1H3,(H,27,33)(H,29,30,31)/b26-15+. The van der Waals surface area contributed by atoms with Gasteiger partial charge in [0.25, 0.3) is 5.91 Å². The number of nitrogens with one attached hydrogen (secondary N) is 3. The Bertz CT molecular complexity index is 1100. The van der Waals surface area contributed by atoms with Gasteiger partial charge in [0.1, 0.15) is 11.5 Å². The Hall–Kier alpha value is -3.37. The minimum Gasteiger partial charge on any atom is -0.378 e. The number of hydrogen-bond acceptors (Lipinski definition) is 9. The SMILES string of the molecule is Cc1cccc(/C=N/Nc2nc3c(c(N4CCOCC4)n2)CC(C(=O)NC2CCNCC2)=N3)c1. The summed E-state index contributed by atoms with van der Waals surface area (Å²) in [4.78, 5) is 29.0. The Morgan fingerprint density at radius 1 is 1.24 bits per heavy atom. The zero-order valence-corrected chi connectivity index (χ0v) is 19.4. The van der Waals surface area contributed by atoms with E-state index in [9.17, 15) is 4.79 Å². The van der Waals surface area contributed by atoms with Gasteiger partial charge in [0.2, 0.25) is 5.95 Å². The van der Waals surface area contributed by atoms with Gasteiger partial charge in [-0.1, -0.05) is 29.8 Å². The molecule has 178 valence electrons. The topological polar surface area (TPSA) is 116 Å². The molecule has 1 aromatic carbocycles. The van der Waals surface area contributed by atoms with Crippen molar-refractivity contribution in [1.82, 2.24) is 20.6 Å². The second kappa shape index (κ2) is 10.3. The lowest BCUT2D eigenvalue weighted by atomic mass is 10.1. The van der Waals surface area contributed by atoms with Crippen molar-refractivity contribution in [2.24, 2.45) is 10.1 Å². The number of carbonyl (C=O) groups is 1. The van der Waals surface area contributed by atoms with Crippen LogP contribution in [-0.4, -0.2) is 73.2 Å². The molecule has 0 bridgehead atoms. The summed E-state index contributed by atoms with van der Waals surface area (Å²) >= 11 is 0. The molecule has 1 aromatic heterocycles. The molecular weight excluding hydrogens is 432 g/mol. The van der Waals surface area contributed by atoms with E-state index in [1.54, 1.807) is 6.21 Å². The number of hydrogen-bond donors (Lipinski definition) is 3. The normalized spacial score (nSPS) is 18.6. The highest BCUT2D eigenvalue weighted by Gasteiger charge is 2.30. The lowest BCUT2D eigenvalue weighted by molar-refractivity contribution is -0.115. The van der Waals surface area contributed by atoms with Crippen molar-refractivity contribution in [3.05, 3.63) is 41.0 Å².